The number of rotatable bonds is 4. The molecule has 0 saturated carbocycles. The smallest absolute Gasteiger partial charge is 0.268 e. The van der Waals surface area contributed by atoms with Crippen molar-refractivity contribution in [1.29, 1.82) is 0 Å². The van der Waals surface area contributed by atoms with Crippen molar-refractivity contribution in [1.82, 2.24) is 25.1 Å². The molecule has 0 spiro atoms. The normalized spacial score (nSPS) is 10.8. The molecular formula is C22H23N5O3. The monoisotopic (exact) mass is 405 g/mol. The number of aryl methyl sites for hydroxylation is 1. The highest BCUT2D eigenvalue weighted by atomic mass is 16.4. The maximum Gasteiger partial charge on any atom is 0.268 e. The van der Waals surface area contributed by atoms with E-state index >= 15 is 0 Å². The quantitative estimate of drug-likeness (QED) is 0.545. The molecule has 0 aliphatic heterocycles. The third-order valence-electron chi connectivity index (χ3n) is 4.51. The van der Waals surface area contributed by atoms with Gasteiger partial charge in [0, 0.05) is 33.6 Å². The van der Waals surface area contributed by atoms with Gasteiger partial charge in [0.15, 0.2) is 0 Å². The van der Waals surface area contributed by atoms with Crippen LogP contribution in [0.1, 0.15) is 18.9 Å². The van der Waals surface area contributed by atoms with E-state index in [1.807, 2.05) is 19.1 Å². The van der Waals surface area contributed by atoms with Crippen LogP contribution < -0.4 is 0 Å². The van der Waals surface area contributed by atoms with Crippen molar-refractivity contribution < 1.29 is 17.2 Å². The minimum Gasteiger partial charge on any atom is -0.508 e. The first-order valence-electron chi connectivity index (χ1n) is 9.21. The fourth-order valence-electron chi connectivity index (χ4n) is 2.91. The summed E-state index contributed by atoms with van der Waals surface area (Å²) in [7, 11) is 3.42. The van der Waals surface area contributed by atoms with Crippen LogP contribution in [-0.4, -0.2) is 50.2 Å². The topological polar surface area (TPSA) is 105 Å². The van der Waals surface area contributed by atoms with Crippen LogP contribution in [0, 0.1) is 6.92 Å². The van der Waals surface area contributed by atoms with Crippen molar-refractivity contribution in [2.75, 3.05) is 14.1 Å². The Morgan fingerprint density at radius 3 is 2.47 bits per heavy atom. The molecule has 2 aromatic heterocycles. The highest BCUT2D eigenvalue weighted by Crippen LogP contribution is 2.28. The predicted octanol–water partition coefficient (Wildman–Crippen LogP) is 4.07. The maximum absolute atomic E-state index is 12.1. The van der Waals surface area contributed by atoms with Crippen LogP contribution in [0.25, 0.3) is 34.3 Å². The largest absolute Gasteiger partial charge is 0.508 e. The first-order valence-corrected chi connectivity index (χ1v) is 9.21. The average Bonchev–Trinajstić information content (AvgIpc) is 3.24. The van der Waals surface area contributed by atoms with E-state index in [0.717, 1.165) is 5.56 Å². The Balaban J connectivity index is 0.00000181. The van der Waals surface area contributed by atoms with Crippen LogP contribution in [0.5, 0.6) is 5.75 Å². The molecule has 0 radical (unpaired) electrons. The third-order valence-corrected chi connectivity index (χ3v) is 4.51. The van der Waals surface area contributed by atoms with Gasteiger partial charge in [-0.1, -0.05) is 18.2 Å². The molecule has 0 aliphatic rings. The number of aromatic nitrogens is 4. The molecule has 4 rings (SSSR count). The molecule has 0 fully saturated rings. The van der Waals surface area contributed by atoms with Crippen LogP contribution in [0.3, 0.4) is 0 Å². The molecule has 2 aromatic carbocycles. The first-order chi connectivity index (χ1) is 14.4. The highest BCUT2D eigenvalue weighted by molar-refractivity contribution is 5.94. The Morgan fingerprint density at radius 1 is 1.03 bits per heavy atom. The Morgan fingerprint density at radius 2 is 1.77 bits per heavy atom. The van der Waals surface area contributed by atoms with Crippen molar-refractivity contribution in [2.45, 2.75) is 6.92 Å². The summed E-state index contributed by atoms with van der Waals surface area (Å²) >= 11 is 0. The van der Waals surface area contributed by atoms with E-state index in [2.05, 4.69) is 20.2 Å². The number of nitrogens with zero attached hydrogens (tertiary/aromatic N) is 5. The Kier molecular flexibility index (Phi) is 4.97. The molecule has 0 bridgehead atoms. The molecule has 4 aromatic rings. The van der Waals surface area contributed by atoms with Gasteiger partial charge < -0.3 is 14.4 Å². The van der Waals surface area contributed by atoms with Crippen LogP contribution in [0.2, 0.25) is 0 Å². The predicted molar refractivity (Wildman–Crippen MR) is 115 cm³/mol. The van der Waals surface area contributed by atoms with Gasteiger partial charge in [-0.25, -0.2) is 4.98 Å². The SMILES string of the molecule is Cc1ncc(-c2ccc(C(=O)N(C)C)cc2)nc1-c1nnc(-c2cccc(O)c2)o1.[HH].[HH]. The Hall–Kier alpha value is -4.07. The molecule has 0 unspecified atom stereocenters. The van der Waals surface area contributed by atoms with Gasteiger partial charge in [-0.05, 0) is 37.3 Å². The maximum atomic E-state index is 12.1. The summed E-state index contributed by atoms with van der Waals surface area (Å²) in [4.78, 5) is 22.6. The lowest BCUT2D eigenvalue weighted by Gasteiger charge is -2.10. The zero-order valence-electron chi connectivity index (χ0n) is 16.7. The van der Waals surface area contributed by atoms with Gasteiger partial charge in [0.25, 0.3) is 11.8 Å². The lowest BCUT2D eigenvalue weighted by atomic mass is 10.1. The summed E-state index contributed by atoms with van der Waals surface area (Å²) in [6.45, 7) is 1.81. The van der Waals surface area contributed by atoms with Crippen molar-refractivity contribution in [3.63, 3.8) is 0 Å². The summed E-state index contributed by atoms with van der Waals surface area (Å²) in [6.07, 6.45) is 1.66. The Bertz CT molecular complexity index is 1230. The minimum absolute atomic E-state index is 0. The standard InChI is InChI=1S/C22H19N5O3.2H2/c1-13-19(21-26-25-20(30-21)16-5-4-6-17(28)11-16)24-18(12-23-13)14-7-9-15(10-8-14)22(29)27(2)3;;/h4-12,28H,1-3H3;2*1H. The first kappa shape index (κ1) is 19.3. The number of carbonyl (C=O) groups is 1. The summed E-state index contributed by atoms with van der Waals surface area (Å²) in [6, 6.07) is 13.7. The van der Waals surface area contributed by atoms with E-state index < -0.39 is 0 Å². The zero-order chi connectivity index (χ0) is 21.3. The number of carbonyl (C=O) groups excluding carboxylic acids is 1. The second-order valence-corrected chi connectivity index (χ2v) is 6.93. The molecule has 1 amide bonds. The van der Waals surface area contributed by atoms with E-state index in [1.54, 1.807) is 56.7 Å². The number of phenolic OH excluding ortho intramolecular Hbond substituents is 1. The molecular weight excluding hydrogens is 382 g/mol. The molecule has 0 aliphatic carbocycles. The summed E-state index contributed by atoms with van der Waals surface area (Å²) < 4.78 is 5.77. The van der Waals surface area contributed by atoms with E-state index in [4.69, 9.17) is 4.42 Å². The van der Waals surface area contributed by atoms with Crippen LogP contribution in [-0.2, 0) is 0 Å². The van der Waals surface area contributed by atoms with Crippen molar-refractivity contribution in [3.8, 4) is 40.0 Å². The lowest BCUT2D eigenvalue weighted by molar-refractivity contribution is 0.0827. The Labute approximate surface area is 175 Å². The second-order valence-electron chi connectivity index (χ2n) is 6.93. The minimum atomic E-state index is -0.0671. The lowest BCUT2D eigenvalue weighted by Crippen LogP contribution is -2.21. The fourth-order valence-corrected chi connectivity index (χ4v) is 2.91. The van der Waals surface area contributed by atoms with Gasteiger partial charge in [-0.2, -0.15) is 0 Å². The molecule has 8 nitrogen and oxygen atoms in total. The molecule has 30 heavy (non-hydrogen) atoms. The third kappa shape index (κ3) is 3.75. The van der Waals surface area contributed by atoms with Crippen LogP contribution in [0.4, 0.5) is 0 Å². The number of hydrogen-bond acceptors (Lipinski definition) is 7. The van der Waals surface area contributed by atoms with Gasteiger partial charge in [0.05, 0.1) is 17.6 Å². The summed E-state index contributed by atoms with van der Waals surface area (Å²) in [5.74, 6) is 0.558. The number of amides is 1. The van der Waals surface area contributed by atoms with Crippen molar-refractivity contribution in [2.24, 2.45) is 0 Å². The number of hydrogen-bond donors (Lipinski definition) is 1. The number of benzene rings is 2. The van der Waals surface area contributed by atoms with E-state index in [0.29, 0.717) is 28.2 Å². The van der Waals surface area contributed by atoms with Gasteiger partial charge >= 0.3 is 0 Å². The van der Waals surface area contributed by atoms with E-state index in [9.17, 15) is 9.90 Å². The molecule has 1 N–H and O–H groups in total. The molecule has 0 saturated heterocycles. The molecule has 154 valence electrons. The van der Waals surface area contributed by atoms with Crippen LogP contribution >= 0.6 is 0 Å². The molecule has 0 atom stereocenters. The van der Waals surface area contributed by atoms with Gasteiger partial charge in [0.2, 0.25) is 5.89 Å². The second kappa shape index (κ2) is 7.75. The average molecular weight is 405 g/mol. The molecule has 2 heterocycles. The highest BCUT2D eigenvalue weighted by Gasteiger charge is 2.17. The van der Waals surface area contributed by atoms with Gasteiger partial charge in [-0.3, -0.25) is 9.78 Å². The van der Waals surface area contributed by atoms with Gasteiger partial charge in [-0.15, -0.1) is 10.2 Å². The van der Waals surface area contributed by atoms with E-state index in [-0.39, 0.29) is 26.3 Å². The van der Waals surface area contributed by atoms with Crippen molar-refractivity contribution in [3.05, 3.63) is 66.0 Å². The van der Waals surface area contributed by atoms with E-state index in [1.165, 1.54) is 4.90 Å². The summed E-state index contributed by atoms with van der Waals surface area (Å²) in [5.41, 5.74) is 3.75. The zero-order valence-corrected chi connectivity index (χ0v) is 16.7. The van der Waals surface area contributed by atoms with Gasteiger partial charge in [0.1, 0.15) is 11.4 Å². The van der Waals surface area contributed by atoms with Crippen LogP contribution in [0.15, 0.2) is 59.1 Å². The molecule has 8 heteroatoms. The summed E-state index contributed by atoms with van der Waals surface area (Å²) in [5, 5.41) is 17.8. The number of aromatic hydroxyl groups is 1. The van der Waals surface area contributed by atoms with Crippen molar-refractivity contribution >= 4 is 5.91 Å². The fraction of sp³-hybridized carbons (Fsp3) is 0.136. The number of phenols is 1.